The van der Waals surface area contributed by atoms with Gasteiger partial charge in [0.05, 0.1) is 22.2 Å². The van der Waals surface area contributed by atoms with E-state index in [4.69, 9.17) is 16.6 Å². The standard InChI is InChI=1S/C32H24N4O5S2/c1-19-18-20(31(37)38)5-14-25(19)27-15-16-28(41-27)30-29(26-4-2-3-17-33-26)34-32(42)35(30)21-6-10-23(11-7-21)43-24-12-8-22(9-13-24)36(39)40/h2-18,29-30H,1H3,(H,34,42)(H,37,38). The first kappa shape index (κ1) is 28.1. The smallest absolute Gasteiger partial charge is 0.335 e. The Kier molecular flexibility index (Phi) is 7.66. The zero-order valence-electron chi connectivity index (χ0n) is 22.7. The Balaban J connectivity index is 1.32. The second-order valence-electron chi connectivity index (χ2n) is 9.88. The maximum absolute atomic E-state index is 11.4. The molecule has 214 valence electrons. The fourth-order valence-electron chi connectivity index (χ4n) is 5.10. The molecule has 9 nitrogen and oxygen atoms in total. The number of carboxylic acids is 1. The van der Waals surface area contributed by atoms with Crippen LogP contribution in [-0.2, 0) is 0 Å². The highest BCUT2D eigenvalue weighted by atomic mass is 32.2. The summed E-state index contributed by atoms with van der Waals surface area (Å²) in [6, 6.07) is 28.2. The van der Waals surface area contributed by atoms with Crippen LogP contribution in [0.2, 0.25) is 0 Å². The summed E-state index contributed by atoms with van der Waals surface area (Å²) in [6.07, 6.45) is 1.74. The lowest BCUT2D eigenvalue weighted by Gasteiger charge is -2.26. The summed E-state index contributed by atoms with van der Waals surface area (Å²) in [5, 5.41) is 24.3. The number of nitro groups is 1. The van der Waals surface area contributed by atoms with Crippen molar-refractivity contribution in [1.82, 2.24) is 10.3 Å². The molecule has 0 aliphatic carbocycles. The van der Waals surface area contributed by atoms with Gasteiger partial charge < -0.3 is 19.7 Å². The van der Waals surface area contributed by atoms with Gasteiger partial charge in [0.25, 0.3) is 5.69 Å². The zero-order chi connectivity index (χ0) is 30.1. The molecule has 0 saturated carbocycles. The number of hydrogen-bond acceptors (Lipinski definition) is 7. The Bertz CT molecular complexity index is 1830. The number of nitrogens with one attached hydrogen (secondary N) is 1. The molecule has 3 aromatic carbocycles. The van der Waals surface area contributed by atoms with E-state index in [0.717, 1.165) is 32.3 Å². The number of hydrogen-bond donors (Lipinski definition) is 2. The summed E-state index contributed by atoms with van der Waals surface area (Å²) < 4.78 is 6.45. The van der Waals surface area contributed by atoms with Crippen molar-refractivity contribution in [2.24, 2.45) is 0 Å². The predicted molar refractivity (Wildman–Crippen MR) is 167 cm³/mol. The van der Waals surface area contributed by atoms with Gasteiger partial charge in [0.2, 0.25) is 0 Å². The molecule has 11 heteroatoms. The van der Waals surface area contributed by atoms with Gasteiger partial charge in [-0.25, -0.2) is 4.79 Å². The van der Waals surface area contributed by atoms with E-state index in [1.54, 1.807) is 36.5 Å². The van der Waals surface area contributed by atoms with Gasteiger partial charge >= 0.3 is 5.97 Å². The number of rotatable bonds is 8. The molecule has 2 atom stereocenters. The molecule has 2 aromatic heterocycles. The van der Waals surface area contributed by atoms with Gasteiger partial charge in [0, 0.05) is 39.4 Å². The van der Waals surface area contributed by atoms with Crippen molar-refractivity contribution in [3.05, 3.63) is 136 Å². The Morgan fingerprint density at radius 1 is 1.02 bits per heavy atom. The second kappa shape index (κ2) is 11.7. The van der Waals surface area contributed by atoms with E-state index in [2.05, 4.69) is 10.3 Å². The van der Waals surface area contributed by atoms with Crippen LogP contribution in [-0.4, -0.2) is 26.1 Å². The number of carbonyl (C=O) groups is 1. The average molecular weight is 609 g/mol. The number of benzene rings is 3. The Morgan fingerprint density at radius 3 is 2.37 bits per heavy atom. The number of non-ortho nitro benzene ring substituents is 1. The van der Waals surface area contributed by atoms with Crippen molar-refractivity contribution < 1.29 is 19.2 Å². The highest BCUT2D eigenvalue weighted by Crippen LogP contribution is 2.43. The topological polar surface area (TPSA) is 122 Å². The number of aryl methyl sites for hydroxylation is 1. The molecule has 1 aliphatic heterocycles. The van der Waals surface area contributed by atoms with Crippen LogP contribution < -0.4 is 10.2 Å². The lowest BCUT2D eigenvalue weighted by atomic mass is 10.0. The number of pyridine rings is 1. The molecule has 5 aromatic rings. The number of thiocarbonyl (C=S) groups is 1. The molecule has 1 fully saturated rings. The average Bonchev–Trinajstić information content (AvgIpc) is 3.63. The number of nitrogens with zero attached hydrogens (tertiary/aromatic N) is 3. The first-order chi connectivity index (χ1) is 20.8. The molecule has 1 aliphatic rings. The lowest BCUT2D eigenvalue weighted by Crippen LogP contribution is -2.29. The van der Waals surface area contributed by atoms with E-state index in [9.17, 15) is 20.0 Å². The monoisotopic (exact) mass is 608 g/mol. The normalized spacial score (nSPS) is 16.2. The van der Waals surface area contributed by atoms with Crippen molar-refractivity contribution in [3.8, 4) is 11.3 Å². The first-order valence-corrected chi connectivity index (χ1v) is 14.5. The molecule has 0 bridgehead atoms. The van der Waals surface area contributed by atoms with E-state index < -0.39 is 10.9 Å². The molecule has 43 heavy (non-hydrogen) atoms. The van der Waals surface area contributed by atoms with E-state index in [0.29, 0.717) is 16.6 Å². The SMILES string of the molecule is Cc1cc(C(=O)O)ccc1-c1ccc(C2C(c3ccccn3)NC(=S)N2c2ccc(Sc3ccc([N+](=O)[O-])cc3)cc2)o1. The number of anilines is 1. The van der Waals surface area contributed by atoms with Crippen molar-refractivity contribution in [2.75, 3.05) is 4.90 Å². The molecule has 0 radical (unpaired) electrons. The van der Waals surface area contributed by atoms with E-state index >= 15 is 0 Å². The number of carboxylic acid groups (broad SMARTS) is 1. The van der Waals surface area contributed by atoms with Gasteiger partial charge in [-0.15, -0.1) is 0 Å². The first-order valence-electron chi connectivity index (χ1n) is 13.3. The maximum Gasteiger partial charge on any atom is 0.335 e. The van der Waals surface area contributed by atoms with Crippen LogP contribution in [0, 0.1) is 17.0 Å². The maximum atomic E-state index is 11.4. The van der Waals surface area contributed by atoms with Crippen molar-refractivity contribution in [1.29, 1.82) is 0 Å². The number of aromatic carboxylic acids is 1. The van der Waals surface area contributed by atoms with Gasteiger partial charge in [0.15, 0.2) is 5.11 Å². The lowest BCUT2D eigenvalue weighted by molar-refractivity contribution is -0.384. The summed E-state index contributed by atoms with van der Waals surface area (Å²) in [6.45, 7) is 1.86. The Hall–Kier alpha value is -5.00. The van der Waals surface area contributed by atoms with Gasteiger partial charge in [-0.3, -0.25) is 15.1 Å². The van der Waals surface area contributed by atoms with E-state index in [1.165, 1.54) is 23.9 Å². The minimum absolute atomic E-state index is 0.0526. The van der Waals surface area contributed by atoms with Crippen LogP contribution in [0.5, 0.6) is 0 Å². The fourth-order valence-corrected chi connectivity index (χ4v) is 6.26. The second-order valence-corrected chi connectivity index (χ2v) is 11.4. The summed E-state index contributed by atoms with van der Waals surface area (Å²) in [5.74, 6) is 0.312. The third-order valence-electron chi connectivity index (χ3n) is 7.15. The Morgan fingerprint density at radius 2 is 1.74 bits per heavy atom. The van der Waals surface area contributed by atoms with Gasteiger partial charge in [-0.1, -0.05) is 23.9 Å². The largest absolute Gasteiger partial charge is 0.478 e. The summed E-state index contributed by atoms with van der Waals surface area (Å²) in [5.41, 5.74) is 3.53. The zero-order valence-corrected chi connectivity index (χ0v) is 24.3. The van der Waals surface area contributed by atoms with Crippen LogP contribution in [0.4, 0.5) is 11.4 Å². The van der Waals surface area contributed by atoms with Crippen LogP contribution in [0.15, 0.2) is 117 Å². The molecule has 0 spiro atoms. The Labute approximate surface area is 256 Å². The van der Waals surface area contributed by atoms with E-state index in [1.807, 2.05) is 66.4 Å². The number of aromatic nitrogens is 1. The van der Waals surface area contributed by atoms with Gasteiger partial charge in [-0.2, -0.15) is 0 Å². The van der Waals surface area contributed by atoms with Crippen LogP contribution in [0.3, 0.4) is 0 Å². The van der Waals surface area contributed by atoms with Crippen molar-refractivity contribution in [3.63, 3.8) is 0 Å². The van der Waals surface area contributed by atoms with Gasteiger partial charge in [-0.05, 0) is 97.5 Å². The summed E-state index contributed by atoms with van der Waals surface area (Å²) >= 11 is 7.34. The van der Waals surface area contributed by atoms with Crippen molar-refractivity contribution >= 4 is 46.4 Å². The molecule has 1 saturated heterocycles. The van der Waals surface area contributed by atoms with Gasteiger partial charge in [0.1, 0.15) is 17.6 Å². The minimum atomic E-state index is -0.980. The van der Waals surface area contributed by atoms with Crippen LogP contribution >= 0.6 is 24.0 Å². The number of nitro benzene ring substituents is 1. The van der Waals surface area contributed by atoms with Crippen LogP contribution in [0.1, 0.15) is 39.5 Å². The molecular weight excluding hydrogens is 585 g/mol. The third-order valence-corrected chi connectivity index (χ3v) is 8.48. The third kappa shape index (κ3) is 5.72. The quantitative estimate of drug-likeness (QED) is 0.104. The molecular formula is C32H24N4O5S2. The molecule has 2 unspecified atom stereocenters. The molecule has 2 N–H and O–H groups in total. The highest BCUT2D eigenvalue weighted by molar-refractivity contribution is 7.99. The number of furan rings is 1. The highest BCUT2D eigenvalue weighted by Gasteiger charge is 2.42. The fraction of sp³-hybridized carbons (Fsp3) is 0.0938. The molecule has 3 heterocycles. The molecule has 6 rings (SSSR count). The van der Waals surface area contributed by atoms with E-state index in [-0.39, 0.29) is 23.3 Å². The predicted octanol–water partition coefficient (Wildman–Crippen LogP) is 7.58. The molecule has 0 amide bonds. The summed E-state index contributed by atoms with van der Waals surface area (Å²) in [7, 11) is 0. The van der Waals surface area contributed by atoms with Crippen LogP contribution in [0.25, 0.3) is 11.3 Å². The summed E-state index contributed by atoms with van der Waals surface area (Å²) in [4.78, 5) is 30.4. The minimum Gasteiger partial charge on any atom is -0.478 e. The van der Waals surface area contributed by atoms with Crippen molar-refractivity contribution in [2.45, 2.75) is 28.8 Å².